The maximum Gasteiger partial charge on any atom is 0.224 e. The van der Waals surface area contributed by atoms with E-state index in [1.54, 1.807) is 11.8 Å². The van der Waals surface area contributed by atoms with E-state index in [2.05, 4.69) is 48.0 Å². The molecular formula is C18H22N2OS. The molecule has 1 aliphatic carbocycles. The number of thioether (sulfide) groups is 1. The highest BCUT2D eigenvalue weighted by atomic mass is 32.2. The van der Waals surface area contributed by atoms with Crippen molar-refractivity contribution in [3.05, 3.63) is 35.9 Å². The van der Waals surface area contributed by atoms with Crippen LogP contribution in [-0.2, 0) is 4.79 Å². The summed E-state index contributed by atoms with van der Waals surface area (Å²) in [4.78, 5) is 13.4. The maximum absolute atomic E-state index is 12.2. The van der Waals surface area contributed by atoms with Crippen molar-refractivity contribution < 1.29 is 4.79 Å². The van der Waals surface area contributed by atoms with E-state index in [1.165, 1.54) is 16.9 Å². The summed E-state index contributed by atoms with van der Waals surface area (Å²) in [5, 5.41) is 11.3. The fourth-order valence-corrected chi connectivity index (χ4v) is 3.33. The van der Waals surface area contributed by atoms with Crippen LogP contribution in [0.1, 0.15) is 31.2 Å². The van der Waals surface area contributed by atoms with Gasteiger partial charge in [0, 0.05) is 10.8 Å². The molecule has 1 aromatic carbocycles. The Bertz CT molecular complexity index is 559. The summed E-state index contributed by atoms with van der Waals surface area (Å²) in [6.07, 6.45) is 10.6. The number of nitriles is 1. The molecule has 0 radical (unpaired) electrons. The lowest BCUT2D eigenvalue weighted by Gasteiger charge is -2.28. The number of carbonyl (C=O) groups excluding carboxylic acids is 1. The van der Waals surface area contributed by atoms with E-state index in [9.17, 15) is 4.79 Å². The lowest BCUT2D eigenvalue weighted by Crippen LogP contribution is -2.36. The highest BCUT2D eigenvalue weighted by Gasteiger charge is 2.28. The van der Waals surface area contributed by atoms with Gasteiger partial charge in [-0.2, -0.15) is 5.26 Å². The molecule has 22 heavy (non-hydrogen) atoms. The molecule has 0 aliphatic heterocycles. The maximum atomic E-state index is 12.2. The minimum Gasteiger partial charge on any atom is -0.343 e. The van der Waals surface area contributed by atoms with Crippen molar-refractivity contribution in [2.24, 2.45) is 11.8 Å². The molecule has 1 aromatic rings. The smallest absolute Gasteiger partial charge is 0.224 e. The molecule has 4 heteroatoms. The van der Waals surface area contributed by atoms with Crippen LogP contribution >= 0.6 is 11.8 Å². The minimum absolute atomic E-state index is 0.00354. The van der Waals surface area contributed by atoms with Crippen molar-refractivity contribution in [3.8, 4) is 6.07 Å². The van der Waals surface area contributed by atoms with E-state index in [0.29, 0.717) is 0 Å². The van der Waals surface area contributed by atoms with Crippen LogP contribution in [0.5, 0.6) is 0 Å². The second-order valence-electron chi connectivity index (χ2n) is 5.56. The number of amides is 1. The molecular weight excluding hydrogens is 292 g/mol. The van der Waals surface area contributed by atoms with Gasteiger partial charge in [0.15, 0.2) is 0 Å². The van der Waals surface area contributed by atoms with Gasteiger partial charge in [0.05, 0.1) is 6.07 Å². The molecule has 1 fully saturated rings. The van der Waals surface area contributed by atoms with Crippen molar-refractivity contribution >= 4 is 23.7 Å². The molecule has 0 bridgehead atoms. The molecule has 0 saturated heterocycles. The van der Waals surface area contributed by atoms with E-state index in [4.69, 9.17) is 5.26 Å². The Morgan fingerprint density at radius 3 is 2.77 bits per heavy atom. The second-order valence-corrected chi connectivity index (χ2v) is 6.44. The van der Waals surface area contributed by atoms with Gasteiger partial charge in [-0.1, -0.05) is 37.1 Å². The fraction of sp³-hybridized carbons (Fsp3) is 0.444. The second kappa shape index (κ2) is 8.65. The molecule has 2 atom stereocenters. The molecule has 2 rings (SSSR count). The van der Waals surface area contributed by atoms with E-state index in [0.717, 1.165) is 19.3 Å². The molecule has 0 unspecified atom stereocenters. The zero-order chi connectivity index (χ0) is 15.8. The predicted octanol–water partition coefficient (Wildman–Crippen LogP) is 3.87. The highest BCUT2D eigenvalue weighted by Crippen LogP contribution is 2.31. The third-order valence-corrected chi connectivity index (χ3v) is 4.89. The van der Waals surface area contributed by atoms with Crippen molar-refractivity contribution in [3.63, 3.8) is 0 Å². The average molecular weight is 314 g/mol. The summed E-state index contributed by atoms with van der Waals surface area (Å²) in [5.41, 5.74) is 1.17. The molecule has 3 nitrogen and oxygen atoms in total. The first kappa shape index (κ1) is 16.6. The number of nitrogens with zero attached hydrogens (tertiary/aromatic N) is 1. The summed E-state index contributed by atoms with van der Waals surface area (Å²) in [6, 6.07) is 10.4. The number of allylic oxidation sites excluding steroid dienone is 1. The van der Waals surface area contributed by atoms with Crippen LogP contribution in [0.3, 0.4) is 0 Å². The number of nitrogens with one attached hydrogen (secondary N) is 1. The Balaban J connectivity index is 2.02. The lowest BCUT2D eigenvalue weighted by molar-refractivity contribution is -0.126. The lowest BCUT2D eigenvalue weighted by atomic mass is 9.78. The summed E-state index contributed by atoms with van der Waals surface area (Å²) in [5.74, 6) is 0.296. The highest BCUT2D eigenvalue weighted by molar-refractivity contribution is 7.98. The zero-order valence-corrected chi connectivity index (χ0v) is 13.7. The number of hydrogen-bond acceptors (Lipinski definition) is 3. The summed E-state index contributed by atoms with van der Waals surface area (Å²) < 4.78 is 0. The SMILES string of the molecule is CSc1ccc(/C=C\[C@@H]2CCCC[C@H]2C(=O)NCC#N)cc1. The first-order valence-corrected chi connectivity index (χ1v) is 8.94. The van der Waals surface area contributed by atoms with Gasteiger partial charge in [0.1, 0.15) is 6.54 Å². The molecule has 0 spiro atoms. The summed E-state index contributed by atoms with van der Waals surface area (Å²) in [6.45, 7) is 0.0991. The van der Waals surface area contributed by atoms with Crippen LogP contribution in [0.15, 0.2) is 35.2 Å². The molecule has 1 saturated carbocycles. The van der Waals surface area contributed by atoms with Gasteiger partial charge in [-0.3, -0.25) is 4.79 Å². The molecule has 0 heterocycles. The third-order valence-electron chi connectivity index (χ3n) is 4.15. The fourth-order valence-electron chi connectivity index (χ4n) is 2.92. The Morgan fingerprint density at radius 2 is 2.09 bits per heavy atom. The van der Waals surface area contributed by atoms with Crippen LogP contribution in [0.25, 0.3) is 6.08 Å². The average Bonchev–Trinajstić information content (AvgIpc) is 2.58. The molecule has 1 amide bonds. The minimum atomic E-state index is 0.00354. The van der Waals surface area contributed by atoms with Gasteiger partial charge in [-0.15, -0.1) is 11.8 Å². The molecule has 1 aliphatic rings. The zero-order valence-electron chi connectivity index (χ0n) is 12.9. The van der Waals surface area contributed by atoms with Crippen molar-refractivity contribution in [2.75, 3.05) is 12.8 Å². The first-order valence-electron chi connectivity index (χ1n) is 7.71. The predicted molar refractivity (Wildman–Crippen MR) is 91.3 cm³/mol. The van der Waals surface area contributed by atoms with Crippen LogP contribution in [0.2, 0.25) is 0 Å². The van der Waals surface area contributed by atoms with Crippen molar-refractivity contribution in [1.82, 2.24) is 5.32 Å². The van der Waals surface area contributed by atoms with Gasteiger partial charge in [-0.25, -0.2) is 0 Å². The standard InChI is InChI=1S/C18H22N2OS/c1-22-16-10-7-14(8-11-16)6-9-15-4-2-3-5-17(15)18(21)20-13-12-19/h6-11,15,17H,2-5,13H2,1H3,(H,20,21)/b9-6-/t15-,17+/m0/s1. The van der Waals surface area contributed by atoms with Gasteiger partial charge in [0.25, 0.3) is 0 Å². The Morgan fingerprint density at radius 1 is 1.36 bits per heavy atom. The normalized spacial score (nSPS) is 21.5. The number of rotatable bonds is 5. The van der Waals surface area contributed by atoms with Gasteiger partial charge in [-0.05, 0) is 42.7 Å². The molecule has 1 N–H and O–H groups in total. The third kappa shape index (κ3) is 4.64. The van der Waals surface area contributed by atoms with Crippen molar-refractivity contribution in [2.45, 2.75) is 30.6 Å². The topological polar surface area (TPSA) is 52.9 Å². The quantitative estimate of drug-likeness (QED) is 0.663. The summed E-state index contributed by atoms with van der Waals surface area (Å²) in [7, 11) is 0. The Labute approximate surface area is 136 Å². The van der Waals surface area contributed by atoms with Gasteiger partial charge < -0.3 is 5.32 Å². The van der Waals surface area contributed by atoms with Crippen LogP contribution in [-0.4, -0.2) is 18.7 Å². The summed E-state index contributed by atoms with van der Waals surface area (Å²) >= 11 is 1.73. The molecule has 0 aromatic heterocycles. The monoisotopic (exact) mass is 314 g/mol. The van der Waals surface area contributed by atoms with E-state index in [1.807, 2.05) is 6.07 Å². The van der Waals surface area contributed by atoms with Crippen LogP contribution < -0.4 is 5.32 Å². The van der Waals surface area contributed by atoms with E-state index < -0.39 is 0 Å². The Kier molecular flexibility index (Phi) is 6.54. The van der Waals surface area contributed by atoms with E-state index in [-0.39, 0.29) is 24.3 Å². The molecule has 116 valence electrons. The largest absolute Gasteiger partial charge is 0.343 e. The van der Waals surface area contributed by atoms with Crippen LogP contribution in [0, 0.1) is 23.2 Å². The van der Waals surface area contributed by atoms with Gasteiger partial charge >= 0.3 is 0 Å². The number of carbonyl (C=O) groups is 1. The first-order chi connectivity index (χ1) is 10.7. The van der Waals surface area contributed by atoms with E-state index >= 15 is 0 Å². The van der Waals surface area contributed by atoms with Crippen LogP contribution in [0.4, 0.5) is 0 Å². The Hall–Kier alpha value is -1.73. The number of benzene rings is 1. The van der Waals surface area contributed by atoms with Gasteiger partial charge in [0.2, 0.25) is 5.91 Å². The number of hydrogen-bond donors (Lipinski definition) is 1. The van der Waals surface area contributed by atoms with Crippen molar-refractivity contribution in [1.29, 1.82) is 5.26 Å².